The minimum Gasteiger partial charge on any atom is -0.469 e. The van der Waals surface area contributed by atoms with Gasteiger partial charge in [-0.3, -0.25) is 0 Å². The van der Waals surface area contributed by atoms with E-state index in [9.17, 15) is 0 Å². The summed E-state index contributed by atoms with van der Waals surface area (Å²) in [6.07, 6.45) is 3.20. The molecule has 0 aromatic carbocycles. The van der Waals surface area contributed by atoms with Crippen molar-refractivity contribution in [2.24, 2.45) is 17.1 Å². The van der Waals surface area contributed by atoms with E-state index < -0.39 is 0 Å². The highest BCUT2D eigenvalue weighted by Gasteiger charge is 2.67. The molecule has 2 N–H and O–H groups in total. The fraction of sp³-hybridized carbons (Fsp3) is 0.750. The molecule has 4 heteroatoms. The van der Waals surface area contributed by atoms with Crippen molar-refractivity contribution in [2.75, 3.05) is 20.2 Å². The maximum absolute atomic E-state index is 6.79. The molecule has 2 heterocycles. The number of nitrogens with zero attached hydrogens (tertiary/aromatic N) is 1. The summed E-state index contributed by atoms with van der Waals surface area (Å²) >= 11 is 0. The average molecular weight is 278 g/mol. The molecule has 2 fully saturated rings. The highest BCUT2D eigenvalue weighted by atomic mass is 16.5. The first-order chi connectivity index (χ1) is 9.36. The topological polar surface area (TPSA) is 51.6 Å². The van der Waals surface area contributed by atoms with Crippen LogP contribution in [0.15, 0.2) is 16.7 Å². The van der Waals surface area contributed by atoms with Crippen molar-refractivity contribution >= 4 is 0 Å². The van der Waals surface area contributed by atoms with Crippen molar-refractivity contribution in [2.45, 2.75) is 45.4 Å². The molecule has 3 rings (SSSR count). The predicted octanol–water partition coefficient (Wildman–Crippen LogP) is 2.16. The minimum absolute atomic E-state index is 0.0495. The lowest BCUT2D eigenvalue weighted by Gasteiger charge is -2.63. The van der Waals surface area contributed by atoms with Gasteiger partial charge in [0.15, 0.2) is 0 Å². The third-order valence-electron chi connectivity index (χ3n) is 5.60. The summed E-state index contributed by atoms with van der Waals surface area (Å²) in [7, 11) is 2.14. The second-order valence-corrected chi connectivity index (χ2v) is 7.12. The van der Waals surface area contributed by atoms with Crippen LogP contribution >= 0.6 is 0 Å². The van der Waals surface area contributed by atoms with E-state index in [-0.39, 0.29) is 11.0 Å². The van der Waals surface area contributed by atoms with Crippen LogP contribution in [0, 0.1) is 18.3 Å². The number of hydrogen-bond acceptors (Lipinski definition) is 4. The first kappa shape index (κ1) is 14.1. The largest absolute Gasteiger partial charge is 0.469 e. The molecule has 1 aliphatic carbocycles. The van der Waals surface area contributed by atoms with Gasteiger partial charge in [-0.15, -0.1) is 0 Å². The highest BCUT2D eigenvalue weighted by Crippen LogP contribution is 2.58. The van der Waals surface area contributed by atoms with Crippen LogP contribution in [-0.4, -0.2) is 36.7 Å². The molecule has 3 unspecified atom stereocenters. The lowest BCUT2D eigenvalue weighted by atomic mass is 9.48. The minimum atomic E-state index is -0.152. The van der Waals surface area contributed by atoms with E-state index in [1.807, 2.05) is 13.0 Å². The van der Waals surface area contributed by atoms with E-state index in [2.05, 4.69) is 25.8 Å². The van der Waals surface area contributed by atoms with E-state index in [0.29, 0.717) is 12.0 Å². The van der Waals surface area contributed by atoms with Gasteiger partial charge in [0.25, 0.3) is 0 Å². The molecule has 112 valence electrons. The summed E-state index contributed by atoms with van der Waals surface area (Å²) in [6.45, 7) is 9.15. The molecule has 2 aliphatic rings. The maximum Gasteiger partial charge on any atom is 0.105 e. The van der Waals surface area contributed by atoms with Crippen molar-refractivity contribution in [3.63, 3.8) is 0 Å². The molecule has 0 radical (unpaired) electrons. The quantitative estimate of drug-likeness (QED) is 0.917. The second-order valence-electron chi connectivity index (χ2n) is 7.12. The molecule has 1 saturated carbocycles. The van der Waals surface area contributed by atoms with Gasteiger partial charge in [0.2, 0.25) is 0 Å². The highest BCUT2D eigenvalue weighted by molar-refractivity contribution is 5.22. The predicted molar refractivity (Wildman–Crippen MR) is 78.3 cm³/mol. The molecule has 3 atom stereocenters. The fourth-order valence-corrected chi connectivity index (χ4v) is 4.16. The van der Waals surface area contributed by atoms with E-state index >= 15 is 0 Å². The van der Waals surface area contributed by atoms with Gasteiger partial charge < -0.3 is 19.8 Å². The van der Waals surface area contributed by atoms with Gasteiger partial charge in [0, 0.05) is 42.1 Å². The third-order valence-corrected chi connectivity index (χ3v) is 5.60. The Morgan fingerprint density at radius 2 is 2.20 bits per heavy atom. The van der Waals surface area contributed by atoms with Crippen molar-refractivity contribution in [3.05, 3.63) is 23.7 Å². The van der Waals surface area contributed by atoms with Crippen molar-refractivity contribution in [3.8, 4) is 0 Å². The number of nitrogens with two attached hydrogens (primary N) is 1. The van der Waals surface area contributed by atoms with E-state index in [0.717, 1.165) is 31.9 Å². The van der Waals surface area contributed by atoms with Crippen LogP contribution in [0.2, 0.25) is 0 Å². The summed E-state index contributed by atoms with van der Waals surface area (Å²) in [5.41, 5.74) is 7.93. The lowest BCUT2D eigenvalue weighted by molar-refractivity contribution is -0.162. The molecule has 1 aliphatic heterocycles. The van der Waals surface area contributed by atoms with Crippen LogP contribution in [0.25, 0.3) is 0 Å². The average Bonchev–Trinajstić information content (AvgIpc) is 2.98. The van der Waals surface area contributed by atoms with Crippen molar-refractivity contribution in [1.29, 1.82) is 0 Å². The zero-order valence-electron chi connectivity index (χ0n) is 13.0. The maximum atomic E-state index is 6.79. The van der Waals surface area contributed by atoms with Gasteiger partial charge in [0.05, 0.1) is 12.4 Å². The van der Waals surface area contributed by atoms with E-state index in [1.54, 1.807) is 6.26 Å². The van der Waals surface area contributed by atoms with Gasteiger partial charge >= 0.3 is 0 Å². The second kappa shape index (κ2) is 4.58. The normalized spacial score (nSPS) is 35.1. The number of hydrogen-bond donors (Lipinski definition) is 1. The zero-order valence-corrected chi connectivity index (χ0v) is 13.0. The van der Waals surface area contributed by atoms with Crippen LogP contribution in [0.4, 0.5) is 0 Å². The van der Waals surface area contributed by atoms with Gasteiger partial charge in [-0.2, -0.15) is 0 Å². The van der Waals surface area contributed by atoms with Crippen molar-refractivity contribution in [1.82, 2.24) is 4.90 Å². The Bertz CT molecular complexity index is 496. The molecule has 1 saturated heterocycles. The Kier molecular flexibility index (Phi) is 3.23. The smallest absolute Gasteiger partial charge is 0.105 e. The molecule has 0 spiro atoms. The molecule has 0 bridgehead atoms. The molecular formula is C16H26N2O2. The summed E-state index contributed by atoms with van der Waals surface area (Å²) in [5, 5.41) is 0. The fourth-order valence-electron chi connectivity index (χ4n) is 4.16. The molecule has 1 aromatic rings. The summed E-state index contributed by atoms with van der Waals surface area (Å²) in [4.78, 5) is 2.31. The number of furan rings is 1. The summed E-state index contributed by atoms with van der Waals surface area (Å²) < 4.78 is 11.2. The standard InChI is InChI=1S/C16H26N2O2/c1-11-12(5-7-19-11)9-18(4)10-16(17)13-6-8-20-14(13)15(16,2)3/h5,7,13-14H,6,8-10,17H2,1-4H3. The Hall–Kier alpha value is -0.840. The van der Waals surface area contributed by atoms with Crippen LogP contribution in [0.1, 0.15) is 31.6 Å². The lowest BCUT2D eigenvalue weighted by Crippen LogP contribution is -2.77. The zero-order chi connectivity index (χ0) is 14.5. The van der Waals surface area contributed by atoms with Gasteiger partial charge in [0.1, 0.15) is 5.76 Å². The Balaban J connectivity index is 1.69. The Morgan fingerprint density at radius 3 is 2.85 bits per heavy atom. The van der Waals surface area contributed by atoms with Crippen LogP contribution in [0.5, 0.6) is 0 Å². The number of ether oxygens (including phenoxy) is 1. The summed E-state index contributed by atoms with van der Waals surface area (Å²) in [5.74, 6) is 1.50. The Morgan fingerprint density at radius 1 is 1.45 bits per heavy atom. The number of aryl methyl sites for hydroxylation is 1. The van der Waals surface area contributed by atoms with Crippen LogP contribution in [-0.2, 0) is 11.3 Å². The van der Waals surface area contributed by atoms with Crippen LogP contribution in [0.3, 0.4) is 0 Å². The summed E-state index contributed by atoms with van der Waals surface area (Å²) in [6, 6.07) is 2.04. The molecule has 0 amide bonds. The first-order valence-corrected chi connectivity index (χ1v) is 7.48. The Labute approximate surface area is 121 Å². The number of fused-ring (bicyclic) bond motifs is 1. The van der Waals surface area contributed by atoms with E-state index in [1.165, 1.54) is 5.56 Å². The molecular weight excluding hydrogens is 252 g/mol. The van der Waals surface area contributed by atoms with Gasteiger partial charge in [-0.25, -0.2) is 0 Å². The third kappa shape index (κ3) is 1.85. The molecule has 20 heavy (non-hydrogen) atoms. The molecule has 4 nitrogen and oxygen atoms in total. The first-order valence-electron chi connectivity index (χ1n) is 7.48. The van der Waals surface area contributed by atoms with E-state index in [4.69, 9.17) is 14.9 Å². The van der Waals surface area contributed by atoms with Crippen LogP contribution < -0.4 is 5.73 Å². The molecule has 1 aromatic heterocycles. The monoisotopic (exact) mass is 278 g/mol. The van der Waals surface area contributed by atoms with Gasteiger partial charge in [-0.1, -0.05) is 13.8 Å². The van der Waals surface area contributed by atoms with Crippen molar-refractivity contribution < 1.29 is 9.15 Å². The number of rotatable bonds is 4. The number of likely N-dealkylation sites (N-methyl/N-ethyl adjacent to an activating group) is 1. The van der Waals surface area contributed by atoms with Gasteiger partial charge in [-0.05, 0) is 26.5 Å². The SMILES string of the molecule is Cc1occc1CN(C)CC1(N)C2CCOC2C1(C)C.